The molecule has 0 aliphatic carbocycles. The summed E-state index contributed by atoms with van der Waals surface area (Å²) in [5.74, 6) is -3.46. The van der Waals surface area contributed by atoms with E-state index in [1.54, 1.807) is 18.2 Å². The average Bonchev–Trinajstić information content (AvgIpc) is 3.38. The van der Waals surface area contributed by atoms with Crippen LogP contribution in [-0.4, -0.2) is 64.5 Å². The summed E-state index contributed by atoms with van der Waals surface area (Å²) >= 11 is 0. The Bertz CT molecular complexity index is 1420. The average molecular weight is 622 g/mol. The Morgan fingerprint density at radius 2 is 1.42 bits per heavy atom. The van der Waals surface area contributed by atoms with Crippen molar-refractivity contribution in [2.75, 3.05) is 19.6 Å². The van der Waals surface area contributed by atoms with Crippen LogP contribution in [-0.2, 0) is 20.7 Å². The van der Waals surface area contributed by atoms with Gasteiger partial charge in [0.15, 0.2) is 5.78 Å². The molecular formula is C36H47NO8. The van der Waals surface area contributed by atoms with E-state index in [1.807, 2.05) is 38.1 Å². The number of hydrogen-bond acceptors (Lipinski definition) is 7. The van der Waals surface area contributed by atoms with E-state index in [-0.39, 0.29) is 11.9 Å². The summed E-state index contributed by atoms with van der Waals surface area (Å²) in [4.78, 5) is 47.0. The minimum absolute atomic E-state index is 0.0879. The van der Waals surface area contributed by atoms with Crippen LogP contribution >= 0.6 is 0 Å². The molecule has 0 atom stereocenters. The van der Waals surface area contributed by atoms with Gasteiger partial charge in [-0.1, -0.05) is 76.5 Å². The number of hydrogen-bond donors (Lipinski definition) is 2. The van der Waals surface area contributed by atoms with Crippen LogP contribution in [0.1, 0.15) is 111 Å². The third kappa shape index (κ3) is 12.0. The van der Waals surface area contributed by atoms with Crippen molar-refractivity contribution in [2.24, 2.45) is 0 Å². The lowest BCUT2D eigenvalue weighted by molar-refractivity contribution is -0.159. The number of esters is 1. The zero-order chi connectivity index (χ0) is 33.4. The molecule has 0 fully saturated rings. The van der Waals surface area contributed by atoms with E-state index in [1.165, 1.54) is 25.7 Å². The highest BCUT2D eigenvalue weighted by Gasteiger charge is 2.23. The molecule has 0 spiro atoms. The fourth-order valence-electron chi connectivity index (χ4n) is 4.61. The number of carbonyl (C=O) groups is 4. The van der Waals surface area contributed by atoms with Gasteiger partial charge in [0.25, 0.3) is 0 Å². The lowest BCUT2D eigenvalue weighted by Gasteiger charge is -2.19. The molecule has 45 heavy (non-hydrogen) atoms. The summed E-state index contributed by atoms with van der Waals surface area (Å²) in [6.45, 7) is 13.4. The van der Waals surface area contributed by atoms with Gasteiger partial charge < -0.3 is 19.4 Å². The number of carboxylic acids is 2. The van der Waals surface area contributed by atoms with Crippen molar-refractivity contribution in [1.29, 1.82) is 0 Å². The Hall–Kier alpha value is -4.24. The first-order valence-electron chi connectivity index (χ1n) is 15.8. The largest absolute Gasteiger partial charge is 0.473 e. The van der Waals surface area contributed by atoms with Crippen LogP contribution in [0, 0.1) is 0 Å². The first-order valence-corrected chi connectivity index (χ1v) is 15.8. The zero-order valence-electron chi connectivity index (χ0n) is 27.1. The number of benzene rings is 2. The van der Waals surface area contributed by atoms with Gasteiger partial charge >= 0.3 is 17.9 Å². The van der Waals surface area contributed by atoms with Crippen LogP contribution in [0.3, 0.4) is 0 Å². The molecule has 0 radical (unpaired) electrons. The maximum Gasteiger partial charge on any atom is 0.414 e. The van der Waals surface area contributed by atoms with Crippen molar-refractivity contribution >= 4 is 40.7 Å². The number of carboxylic acid groups (broad SMARTS) is 2. The molecule has 9 heteroatoms. The highest BCUT2D eigenvalue weighted by Crippen LogP contribution is 2.31. The second-order valence-electron chi connectivity index (χ2n) is 11.1. The third-order valence-corrected chi connectivity index (χ3v) is 7.01. The summed E-state index contributed by atoms with van der Waals surface area (Å²) in [6.07, 6.45) is 11.6. The Morgan fingerprint density at radius 3 is 1.96 bits per heavy atom. The highest BCUT2D eigenvalue weighted by molar-refractivity contribution is 6.27. The van der Waals surface area contributed by atoms with Crippen LogP contribution in [0.2, 0.25) is 0 Å². The quantitative estimate of drug-likeness (QED) is 0.0939. The predicted octanol–water partition coefficient (Wildman–Crippen LogP) is 7.64. The number of aliphatic carboxylic acids is 2. The van der Waals surface area contributed by atoms with Gasteiger partial charge in [-0.15, -0.1) is 0 Å². The normalized spacial score (nSPS) is 11.2. The number of aryl methyl sites for hydroxylation is 1. The molecule has 1 heterocycles. The molecule has 3 rings (SSSR count). The van der Waals surface area contributed by atoms with E-state index >= 15 is 0 Å². The maximum absolute atomic E-state index is 13.8. The van der Waals surface area contributed by atoms with Gasteiger partial charge in [0.2, 0.25) is 0 Å². The monoisotopic (exact) mass is 621 g/mol. The van der Waals surface area contributed by atoms with E-state index < -0.39 is 17.9 Å². The number of unbranched alkanes of at least 4 members (excludes halogenated alkanes) is 3. The van der Waals surface area contributed by atoms with Crippen LogP contribution < -0.4 is 0 Å². The van der Waals surface area contributed by atoms with Crippen molar-refractivity contribution in [3.63, 3.8) is 0 Å². The molecule has 0 saturated carbocycles. The molecule has 0 unspecified atom stereocenters. The Kier molecular flexibility index (Phi) is 15.8. The van der Waals surface area contributed by atoms with Gasteiger partial charge in [-0.25, -0.2) is 14.4 Å². The number of nitrogens with zero attached hydrogens (tertiary/aromatic N) is 1. The molecule has 0 aliphatic rings. The predicted molar refractivity (Wildman–Crippen MR) is 176 cm³/mol. The van der Waals surface area contributed by atoms with Gasteiger partial charge in [0, 0.05) is 23.9 Å². The fraction of sp³-hybridized carbons (Fsp3) is 0.444. The number of furan rings is 1. The van der Waals surface area contributed by atoms with Gasteiger partial charge in [-0.3, -0.25) is 9.69 Å². The minimum Gasteiger partial charge on any atom is -0.473 e. The molecule has 2 N–H and O–H groups in total. The maximum atomic E-state index is 13.8. The van der Waals surface area contributed by atoms with Gasteiger partial charge in [0.1, 0.15) is 11.3 Å². The third-order valence-electron chi connectivity index (χ3n) is 7.01. The number of fused-ring (bicyclic) bond motifs is 1. The molecule has 0 bridgehead atoms. The summed E-state index contributed by atoms with van der Waals surface area (Å²) in [7, 11) is 0. The van der Waals surface area contributed by atoms with Crippen LogP contribution in [0.25, 0.3) is 17.0 Å². The summed E-state index contributed by atoms with van der Waals surface area (Å²) in [5, 5.41) is 15.4. The summed E-state index contributed by atoms with van der Waals surface area (Å²) < 4.78 is 11.5. The van der Waals surface area contributed by atoms with E-state index in [9.17, 15) is 9.59 Å². The standard InChI is InChI=1S/C34H45NO4.C2H2O4/c1-6-9-14-31-32(29-24-28(19-20-30(29)39-31)34(37)38-25(4)5)33(36)27-17-15-26(16-18-27)13-12-23-35(21-10-7-2)22-11-8-3;3-1(4)2(5)6/h12-13,15-20,24-25H,6-11,14,21-23H2,1-5H3;(H,3,4)(H,5,6). The topological polar surface area (TPSA) is 134 Å². The zero-order valence-corrected chi connectivity index (χ0v) is 27.1. The fourth-order valence-corrected chi connectivity index (χ4v) is 4.61. The van der Waals surface area contributed by atoms with Crippen molar-refractivity contribution in [3.8, 4) is 0 Å². The van der Waals surface area contributed by atoms with Crippen LogP contribution in [0.15, 0.2) is 53.0 Å². The van der Waals surface area contributed by atoms with Crippen molar-refractivity contribution in [3.05, 3.63) is 76.6 Å². The Morgan fingerprint density at radius 1 is 0.844 bits per heavy atom. The molecule has 2 aromatic carbocycles. The first kappa shape index (κ1) is 36.9. The van der Waals surface area contributed by atoms with E-state index in [2.05, 4.69) is 37.8 Å². The molecule has 0 saturated heterocycles. The molecule has 9 nitrogen and oxygen atoms in total. The Labute approximate surface area is 265 Å². The minimum atomic E-state index is -1.82. The van der Waals surface area contributed by atoms with E-state index in [4.69, 9.17) is 29.0 Å². The van der Waals surface area contributed by atoms with E-state index in [0.29, 0.717) is 39.8 Å². The number of ether oxygens (including phenoxy) is 1. The SMILES string of the molecule is CCCCc1oc2ccc(C(=O)OC(C)C)cc2c1C(=O)c1ccc(C=CCN(CCCC)CCCC)cc1.O=C(O)C(=O)O. The van der Waals surface area contributed by atoms with Crippen LogP contribution in [0.4, 0.5) is 0 Å². The van der Waals surface area contributed by atoms with Gasteiger partial charge in [-0.05, 0) is 70.0 Å². The highest BCUT2D eigenvalue weighted by atomic mass is 16.5. The number of carbonyl (C=O) groups excluding carboxylic acids is 2. The summed E-state index contributed by atoms with van der Waals surface area (Å²) in [6, 6.07) is 12.9. The van der Waals surface area contributed by atoms with E-state index in [0.717, 1.165) is 38.0 Å². The lowest BCUT2D eigenvalue weighted by atomic mass is 9.97. The molecule has 244 valence electrons. The Balaban J connectivity index is 0.00000107. The molecule has 0 aliphatic heterocycles. The van der Waals surface area contributed by atoms with Crippen LogP contribution in [0.5, 0.6) is 0 Å². The van der Waals surface area contributed by atoms with Crippen molar-refractivity contribution < 1.29 is 38.5 Å². The number of ketones is 1. The van der Waals surface area contributed by atoms with Crippen molar-refractivity contribution in [1.82, 2.24) is 4.90 Å². The smallest absolute Gasteiger partial charge is 0.414 e. The summed E-state index contributed by atoms with van der Waals surface area (Å²) in [5.41, 5.74) is 3.25. The van der Waals surface area contributed by atoms with Gasteiger partial charge in [0.05, 0.1) is 17.2 Å². The van der Waals surface area contributed by atoms with Gasteiger partial charge in [-0.2, -0.15) is 0 Å². The molecular weight excluding hydrogens is 574 g/mol. The molecule has 0 amide bonds. The second kappa shape index (κ2) is 19.2. The molecule has 3 aromatic rings. The second-order valence-corrected chi connectivity index (χ2v) is 11.1. The number of rotatable bonds is 16. The lowest BCUT2D eigenvalue weighted by Crippen LogP contribution is -2.26. The first-order chi connectivity index (χ1) is 21.5. The molecule has 1 aromatic heterocycles. The van der Waals surface area contributed by atoms with Crippen molar-refractivity contribution in [2.45, 2.75) is 85.7 Å².